The Hall–Kier alpha value is -0.940. The van der Waals surface area contributed by atoms with E-state index in [4.69, 9.17) is 39.5 Å². The highest BCUT2D eigenvalue weighted by Crippen LogP contribution is 2.36. The molecule has 1 amide bonds. The van der Waals surface area contributed by atoms with Crippen molar-refractivity contribution in [3.05, 3.63) is 76.3 Å². The molecular formula is C19H10Cl3I2NO3. The molecule has 0 unspecified atom stereocenters. The Balaban J connectivity index is 1.84. The normalized spacial score (nSPS) is 10.6. The maximum Gasteiger partial charge on any atom is 0.259 e. The molecule has 0 aromatic heterocycles. The molecule has 4 nitrogen and oxygen atoms in total. The van der Waals surface area contributed by atoms with Crippen molar-refractivity contribution in [2.45, 2.75) is 0 Å². The lowest BCUT2D eigenvalue weighted by atomic mass is 10.2. The SMILES string of the molecule is O=C(Nc1cc(I)c(Oc2ccc(Cl)cc2)c(I)c1)c1cc(Cl)cc(Cl)c1O. The lowest BCUT2D eigenvalue weighted by Crippen LogP contribution is -2.12. The average Bonchev–Trinajstić information content (AvgIpc) is 2.62. The standard InChI is InChI=1S/C19H10Cl3I2NO3/c20-9-1-3-12(4-2-9)28-18-15(23)7-11(8-16(18)24)25-19(27)13-5-10(21)6-14(22)17(13)26/h1-8,26H,(H,25,27). The topological polar surface area (TPSA) is 58.6 Å². The van der Waals surface area contributed by atoms with Crippen molar-refractivity contribution in [1.82, 2.24) is 0 Å². The highest BCUT2D eigenvalue weighted by Gasteiger charge is 2.17. The van der Waals surface area contributed by atoms with Crippen LogP contribution in [-0.2, 0) is 0 Å². The van der Waals surface area contributed by atoms with E-state index in [1.807, 2.05) is 0 Å². The Morgan fingerprint density at radius 3 is 2.14 bits per heavy atom. The van der Waals surface area contributed by atoms with Crippen molar-refractivity contribution in [2.24, 2.45) is 0 Å². The third kappa shape index (κ3) is 5.15. The number of ether oxygens (including phenoxy) is 1. The van der Waals surface area contributed by atoms with Crippen molar-refractivity contribution in [2.75, 3.05) is 5.32 Å². The molecule has 3 aromatic rings. The van der Waals surface area contributed by atoms with E-state index in [2.05, 4.69) is 50.5 Å². The minimum atomic E-state index is -0.528. The summed E-state index contributed by atoms with van der Waals surface area (Å²) in [6.07, 6.45) is 0. The number of hydrogen-bond donors (Lipinski definition) is 2. The quantitative estimate of drug-likeness (QED) is 0.284. The molecule has 0 fully saturated rings. The van der Waals surface area contributed by atoms with Crippen LogP contribution in [0.15, 0.2) is 48.5 Å². The maximum atomic E-state index is 12.5. The summed E-state index contributed by atoms with van der Waals surface area (Å²) in [5.74, 6) is 0.459. The monoisotopic (exact) mass is 659 g/mol. The van der Waals surface area contributed by atoms with E-state index in [-0.39, 0.29) is 21.4 Å². The Morgan fingerprint density at radius 2 is 1.54 bits per heavy atom. The molecule has 3 rings (SSSR count). The van der Waals surface area contributed by atoms with Crippen LogP contribution in [0.1, 0.15) is 10.4 Å². The van der Waals surface area contributed by atoms with Crippen LogP contribution >= 0.6 is 80.0 Å². The number of amides is 1. The number of rotatable bonds is 4. The van der Waals surface area contributed by atoms with Crippen LogP contribution in [-0.4, -0.2) is 11.0 Å². The number of phenolic OH excluding ortho intramolecular Hbond substituents is 1. The van der Waals surface area contributed by atoms with Gasteiger partial charge in [-0.1, -0.05) is 34.8 Å². The Bertz CT molecular complexity index is 1040. The second-order valence-electron chi connectivity index (χ2n) is 5.56. The van der Waals surface area contributed by atoms with Crippen LogP contribution in [0.3, 0.4) is 0 Å². The molecule has 0 aliphatic rings. The van der Waals surface area contributed by atoms with Gasteiger partial charge >= 0.3 is 0 Å². The first-order chi connectivity index (χ1) is 13.2. The molecule has 2 N–H and O–H groups in total. The fourth-order valence-electron chi connectivity index (χ4n) is 2.29. The van der Waals surface area contributed by atoms with Crippen molar-refractivity contribution >= 4 is 91.6 Å². The van der Waals surface area contributed by atoms with Gasteiger partial charge in [0.2, 0.25) is 0 Å². The molecule has 28 heavy (non-hydrogen) atoms. The van der Waals surface area contributed by atoms with Gasteiger partial charge in [0.1, 0.15) is 11.5 Å². The molecule has 0 saturated heterocycles. The minimum absolute atomic E-state index is 0.00789. The van der Waals surface area contributed by atoms with Gasteiger partial charge in [0.15, 0.2) is 5.75 Å². The highest BCUT2D eigenvalue weighted by atomic mass is 127. The smallest absolute Gasteiger partial charge is 0.259 e. The number of anilines is 1. The van der Waals surface area contributed by atoms with Crippen LogP contribution in [0, 0.1) is 7.14 Å². The van der Waals surface area contributed by atoms with Gasteiger partial charge < -0.3 is 15.2 Å². The molecule has 0 bridgehead atoms. The van der Waals surface area contributed by atoms with E-state index < -0.39 is 5.91 Å². The van der Waals surface area contributed by atoms with E-state index in [9.17, 15) is 9.90 Å². The first kappa shape index (κ1) is 21.8. The number of carbonyl (C=O) groups excluding carboxylic acids is 1. The van der Waals surface area contributed by atoms with Crippen molar-refractivity contribution in [1.29, 1.82) is 0 Å². The minimum Gasteiger partial charge on any atom is -0.506 e. The number of carbonyl (C=O) groups is 1. The Kier molecular flexibility index (Phi) is 7.19. The summed E-state index contributed by atoms with van der Waals surface area (Å²) < 4.78 is 7.52. The van der Waals surface area contributed by atoms with Gasteiger partial charge in [-0.15, -0.1) is 0 Å². The molecule has 0 spiro atoms. The zero-order chi connectivity index (χ0) is 20.4. The van der Waals surface area contributed by atoms with E-state index in [0.717, 1.165) is 7.14 Å². The predicted octanol–water partition coefficient (Wildman–Crippen LogP) is 7.61. The number of benzene rings is 3. The summed E-state index contributed by atoms with van der Waals surface area (Å²) in [7, 11) is 0. The van der Waals surface area contributed by atoms with Gasteiger partial charge in [-0.2, -0.15) is 0 Å². The summed E-state index contributed by atoms with van der Waals surface area (Å²) in [5.41, 5.74) is 0.529. The summed E-state index contributed by atoms with van der Waals surface area (Å²) in [6.45, 7) is 0. The fourth-order valence-corrected chi connectivity index (χ4v) is 4.90. The van der Waals surface area contributed by atoms with Crippen molar-refractivity contribution in [3.63, 3.8) is 0 Å². The first-order valence-corrected chi connectivity index (χ1v) is 11.0. The maximum absolute atomic E-state index is 12.5. The lowest BCUT2D eigenvalue weighted by molar-refractivity contribution is 0.102. The molecule has 0 heterocycles. The third-order valence-electron chi connectivity index (χ3n) is 3.56. The molecule has 144 valence electrons. The van der Waals surface area contributed by atoms with Crippen LogP contribution in [0.2, 0.25) is 15.1 Å². The molecule has 0 aliphatic heterocycles. The molecule has 3 aromatic carbocycles. The second-order valence-corrected chi connectivity index (χ2v) is 9.17. The number of hydrogen-bond acceptors (Lipinski definition) is 3. The van der Waals surface area contributed by atoms with E-state index in [1.165, 1.54) is 12.1 Å². The Labute approximate surface area is 203 Å². The van der Waals surface area contributed by atoms with Crippen LogP contribution in [0.25, 0.3) is 0 Å². The van der Waals surface area contributed by atoms with Crippen LogP contribution in [0.4, 0.5) is 5.69 Å². The predicted molar refractivity (Wildman–Crippen MR) is 129 cm³/mol. The lowest BCUT2D eigenvalue weighted by Gasteiger charge is -2.13. The average molecular weight is 660 g/mol. The first-order valence-electron chi connectivity index (χ1n) is 7.66. The van der Waals surface area contributed by atoms with Gasteiger partial charge in [-0.25, -0.2) is 0 Å². The van der Waals surface area contributed by atoms with E-state index in [1.54, 1.807) is 36.4 Å². The van der Waals surface area contributed by atoms with E-state index >= 15 is 0 Å². The summed E-state index contributed by atoms with van der Waals surface area (Å²) >= 11 is 22.0. The van der Waals surface area contributed by atoms with E-state index in [0.29, 0.717) is 22.2 Å². The summed E-state index contributed by atoms with van der Waals surface area (Å²) in [4.78, 5) is 12.5. The highest BCUT2D eigenvalue weighted by molar-refractivity contribution is 14.1. The summed E-state index contributed by atoms with van der Waals surface area (Å²) in [5, 5.41) is 13.6. The van der Waals surface area contributed by atoms with Crippen molar-refractivity contribution < 1.29 is 14.6 Å². The largest absolute Gasteiger partial charge is 0.506 e. The fraction of sp³-hybridized carbons (Fsp3) is 0. The molecular weight excluding hydrogens is 650 g/mol. The molecule has 0 aliphatic carbocycles. The van der Waals surface area contributed by atoms with Gasteiger partial charge in [0.25, 0.3) is 5.91 Å². The van der Waals surface area contributed by atoms with Gasteiger partial charge in [-0.3, -0.25) is 4.79 Å². The zero-order valence-corrected chi connectivity index (χ0v) is 20.4. The number of nitrogens with one attached hydrogen (secondary N) is 1. The second kappa shape index (κ2) is 9.25. The number of aromatic hydroxyl groups is 1. The molecule has 9 heteroatoms. The Morgan fingerprint density at radius 1 is 0.929 bits per heavy atom. The van der Waals surface area contributed by atoms with Gasteiger partial charge in [0.05, 0.1) is 17.7 Å². The van der Waals surface area contributed by atoms with Gasteiger partial charge in [0, 0.05) is 15.7 Å². The number of halogens is 5. The number of phenols is 1. The van der Waals surface area contributed by atoms with Crippen molar-refractivity contribution in [3.8, 4) is 17.2 Å². The van der Waals surface area contributed by atoms with Crippen LogP contribution < -0.4 is 10.1 Å². The molecule has 0 saturated carbocycles. The molecule has 0 atom stereocenters. The third-order valence-corrected chi connectivity index (χ3v) is 5.92. The van der Waals surface area contributed by atoms with Crippen LogP contribution in [0.5, 0.6) is 17.2 Å². The summed E-state index contributed by atoms with van der Waals surface area (Å²) in [6, 6.07) is 13.3. The molecule has 0 radical (unpaired) electrons. The van der Waals surface area contributed by atoms with Gasteiger partial charge in [-0.05, 0) is 93.7 Å². The zero-order valence-electron chi connectivity index (χ0n) is 13.8.